The lowest BCUT2D eigenvalue weighted by atomic mass is 9.95. The van der Waals surface area contributed by atoms with E-state index in [1.807, 2.05) is 41.1 Å². The summed E-state index contributed by atoms with van der Waals surface area (Å²) in [4.78, 5) is 55.3. The molecule has 1 saturated carbocycles. The molecule has 0 bridgehead atoms. The number of aromatic nitrogens is 3. The predicted octanol–water partition coefficient (Wildman–Crippen LogP) is 8.63. The standard InChI is InChI=1S/C53H60ClF3N10O3/c1-62(2)47-27-36(14-17-45(47)67(35-68)46-18-19-49(69)60-51(46)70)9-5-4-8-21-64-22-20-48(53(56,57)34-64)65-25-23-63(24-26-65)32-37-12-15-38(16-13-37)44-33-66(42-10-6-3-7-11-42)50-43(44)31-58-52(61-50)59-41-29-39(54)28-40(55)30-41/h12-17,27-31,33,35,42,46,48H,3-4,6-8,10-11,18-26,32,34H2,1-2H3,(H,58,59,61)(H,60,69,70). The average molecular weight is 978 g/mol. The molecule has 3 aromatic carbocycles. The van der Waals surface area contributed by atoms with E-state index in [0.29, 0.717) is 80.9 Å². The third kappa shape index (κ3) is 11.3. The average Bonchev–Trinajstić information content (AvgIpc) is 3.71. The lowest BCUT2D eigenvalue weighted by molar-refractivity contribution is -0.135. The Labute approximate surface area is 412 Å². The van der Waals surface area contributed by atoms with Gasteiger partial charge in [-0.2, -0.15) is 4.98 Å². The van der Waals surface area contributed by atoms with Gasteiger partial charge in [0.05, 0.1) is 24.0 Å². The van der Waals surface area contributed by atoms with Crippen LogP contribution in [0.1, 0.15) is 81.4 Å². The third-order valence-corrected chi connectivity index (χ3v) is 14.4. The first-order chi connectivity index (χ1) is 33.8. The minimum absolute atomic E-state index is 0.156. The van der Waals surface area contributed by atoms with Crippen molar-refractivity contribution in [1.82, 2.24) is 34.6 Å². The molecule has 2 unspecified atom stereocenters. The van der Waals surface area contributed by atoms with Crippen LogP contribution < -0.4 is 20.4 Å². The van der Waals surface area contributed by atoms with Gasteiger partial charge in [0.2, 0.25) is 24.2 Å². The Balaban J connectivity index is 0.755. The van der Waals surface area contributed by atoms with Crippen LogP contribution in [-0.2, 0) is 20.9 Å². The Morgan fingerprint density at radius 1 is 0.929 bits per heavy atom. The van der Waals surface area contributed by atoms with Crippen molar-refractivity contribution in [1.29, 1.82) is 0 Å². The number of imide groups is 1. The number of likely N-dealkylation sites (tertiary alicyclic amines) is 1. The SMILES string of the molecule is CN(C)c1cc(C#CCCCN2CCC(N3CCN(Cc4ccc(-c5cn(C6CCCCC6)c6nc(Nc7cc(F)cc(Cl)c7)ncc56)cc4)CC3)C(F)(F)C2)ccc1N(C=O)C1CCC(=O)NC1=O. The summed E-state index contributed by atoms with van der Waals surface area (Å²) < 4.78 is 48.0. The molecule has 2 aromatic heterocycles. The fourth-order valence-corrected chi connectivity index (χ4v) is 10.8. The van der Waals surface area contributed by atoms with E-state index < -0.39 is 29.7 Å². The number of fused-ring (bicyclic) bond motifs is 1. The molecule has 2 N–H and O–H groups in total. The Morgan fingerprint density at radius 3 is 2.43 bits per heavy atom. The number of rotatable bonds is 14. The largest absolute Gasteiger partial charge is 0.376 e. The van der Waals surface area contributed by atoms with Crippen LogP contribution in [0.15, 0.2) is 73.1 Å². The zero-order valence-electron chi connectivity index (χ0n) is 39.8. The lowest BCUT2D eigenvalue weighted by Crippen LogP contribution is -2.61. The summed E-state index contributed by atoms with van der Waals surface area (Å²) >= 11 is 6.11. The molecule has 0 radical (unpaired) electrons. The van der Waals surface area contributed by atoms with E-state index in [0.717, 1.165) is 65.8 Å². The zero-order chi connectivity index (χ0) is 48.9. The van der Waals surface area contributed by atoms with E-state index in [2.05, 4.69) is 67.4 Å². The second-order valence-corrected chi connectivity index (χ2v) is 19.7. The van der Waals surface area contributed by atoms with Crippen molar-refractivity contribution in [2.24, 2.45) is 0 Å². The first-order valence-electron chi connectivity index (χ1n) is 24.5. The lowest BCUT2D eigenvalue weighted by Gasteiger charge is -2.46. The summed E-state index contributed by atoms with van der Waals surface area (Å²) in [7, 11) is 3.68. The first-order valence-corrected chi connectivity index (χ1v) is 24.8. The van der Waals surface area contributed by atoms with E-state index in [1.165, 1.54) is 36.3 Å². The van der Waals surface area contributed by atoms with Gasteiger partial charge in [-0.15, -0.1) is 0 Å². The molecule has 5 heterocycles. The van der Waals surface area contributed by atoms with Crippen molar-refractivity contribution in [2.75, 3.05) is 75.0 Å². The van der Waals surface area contributed by atoms with Crippen molar-refractivity contribution < 1.29 is 27.6 Å². The molecule has 4 aliphatic rings. The summed E-state index contributed by atoms with van der Waals surface area (Å²) in [6, 6.07) is 17.0. The quantitative estimate of drug-likeness (QED) is 0.0484. The van der Waals surface area contributed by atoms with Crippen molar-refractivity contribution in [3.05, 3.63) is 95.0 Å². The molecule has 4 fully saturated rings. The number of alkyl halides is 2. The molecule has 9 rings (SSSR count). The predicted molar refractivity (Wildman–Crippen MR) is 268 cm³/mol. The molecule has 3 saturated heterocycles. The fourth-order valence-electron chi connectivity index (χ4n) is 10.6. The van der Waals surface area contributed by atoms with Gasteiger partial charge in [0, 0.05) is 112 Å². The number of carbonyl (C=O) groups is 3. The molecule has 13 nitrogen and oxygen atoms in total. The highest BCUT2D eigenvalue weighted by Gasteiger charge is 2.47. The van der Waals surface area contributed by atoms with Gasteiger partial charge < -0.3 is 19.7 Å². The molecular formula is C53H60ClF3N10O3. The van der Waals surface area contributed by atoms with E-state index >= 15 is 8.78 Å². The Morgan fingerprint density at radius 2 is 1.71 bits per heavy atom. The van der Waals surface area contributed by atoms with Crippen molar-refractivity contribution in [2.45, 2.75) is 94.8 Å². The van der Waals surface area contributed by atoms with Crippen LogP contribution in [0.3, 0.4) is 0 Å². The monoisotopic (exact) mass is 976 g/mol. The van der Waals surface area contributed by atoms with Crippen molar-refractivity contribution in [3.63, 3.8) is 0 Å². The molecule has 2 atom stereocenters. The van der Waals surface area contributed by atoms with Crippen molar-refractivity contribution >= 4 is 63.9 Å². The number of piperazine rings is 1. The van der Waals surface area contributed by atoms with Gasteiger partial charge in [0.25, 0.3) is 5.92 Å². The number of benzene rings is 3. The number of piperidine rings is 2. The van der Waals surface area contributed by atoms with Crippen LogP contribution >= 0.6 is 11.6 Å². The highest BCUT2D eigenvalue weighted by molar-refractivity contribution is 6.30. The first kappa shape index (κ1) is 49.0. The molecule has 3 aliphatic heterocycles. The van der Waals surface area contributed by atoms with Gasteiger partial charge >= 0.3 is 0 Å². The highest BCUT2D eigenvalue weighted by Crippen LogP contribution is 2.38. The van der Waals surface area contributed by atoms with Gasteiger partial charge in [-0.3, -0.25) is 34.4 Å². The summed E-state index contributed by atoms with van der Waals surface area (Å²) in [6.07, 6.45) is 12.4. The van der Waals surface area contributed by atoms with Gasteiger partial charge in [-0.05, 0) is 86.2 Å². The number of hydrogen-bond donors (Lipinski definition) is 2. The summed E-state index contributed by atoms with van der Waals surface area (Å²) in [5.74, 6) is 2.62. The van der Waals surface area contributed by atoms with Crippen LogP contribution in [0.5, 0.6) is 0 Å². The topological polar surface area (TPSA) is 122 Å². The Kier molecular flexibility index (Phi) is 15.1. The Hall–Kier alpha value is -5.99. The van der Waals surface area contributed by atoms with Gasteiger partial charge in [-0.25, -0.2) is 18.2 Å². The fraction of sp³-hybridized carbons (Fsp3) is 0.453. The van der Waals surface area contributed by atoms with Crippen LogP contribution in [0, 0.1) is 17.7 Å². The molecule has 3 amide bonds. The summed E-state index contributed by atoms with van der Waals surface area (Å²) in [6.45, 7) is 4.25. The normalized spacial score (nSPS) is 20.4. The smallest absolute Gasteiger partial charge is 0.275 e. The third-order valence-electron chi connectivity index (χ3n) is 14.2. The summed E-state index contributed by atoms with van der Waals surface area (Å²) in [5.41, 5.74) is 6.57. The molecule has 17 heteroatoms. The maximum atomic E-state index is 15.8. The Bertz CT molecular complexity index is 2740. The van der Waals surface area contributed by atoms with Crippen molar-refractivity contribution in [3.8, 4) is 23.0 Å². The minimum atomic E-state index is -2.83. The maximum Gasteiger partial charge on any atom is 0.275 e. The molecule has 1 aliphatic carbocycles. The molecule has 70 heavy (non-hydrogen) atoms. The second kappa shape index (κ2) is 21.6. The van der Waals surface area contributed by atoms with Crippen LogP contribution in [-0.4, -0.2) is 125 Å². The molecular weight excluding hydrogens is 917 g/mol. The maximum absolute atomic E-state index is 15.8. The number of anilines is 4. The number of nitrogens with one attached hydrogen (secondary N) is 2. The number of amides is 3. The van der Waals surface area contributed by atoms with Gasteiger partial charge in [0.15, 0.2) is 0 Å². The van der Waals surface area contributed by atoms with Crippen LogP contribution in [0.25, 0.3) is 22.2 Å². The minimum Gasteiger partial charge on any atom is -0.376 e. The van der Waals surface area contributed by atoms with E-state index in [9.17, 15) is 18.8 Å². The number of halogens is 4. The molecule has 368 valence electrons. The zero-order valence-corrected chi connectivity index (χ0v) is 40.5. The van der Waals surface area contributed by atoms with E-state index in [4.69, 9.17) is 16.6 Å². The van der Waals surface area contributed by atoms with Crippen LogP contribution in [0.2, 0.25) is 5.02 Å². The van der Waals surface area contributed by atoms with E-state index in [1.54, 1.807) is 18.2 Å². The highest BCUT2D eigenvalue weighted by atomic mass is 35.5. The number of unbranched alkanes of at least 4 members (excludes halogenated alkanes) is 1. The van der Waals surface area contributed by atoms with Crippen LogP contribution in [0.4, 0.5) is 36.2 Å². The second-order valence-electron chi connectivity index (χ2n) is 19.3. The summed E-state index contributed by atoms with van der Waals surface area (Å²) in [5, 5.41) is 6.68. The molecule has 5 aromatic rings. The van der Waals surface area contributed by atoms with E-state index in [-0.39, 0.29) is 30.3 Å². The number of nitrogens with zero attached hydrogens (tertiary/aromatic N) is 8. The van der Waals surface area contributed by atoms with Gasteiger partial charge in [0.1, 0.15) is 17.5 Å². The molecule has 0 spiro atoms. The number of hydrogen-bond acceptors (Lipinski definition) is 10. The number of carbonyl (C=O) groups excluding carboxylic acids is 3. The van der Waals surface area contributed by atoms with Gasteiger partial charge in [-0.1, -0.05) is 67.0 Å².